The van der Waals surface area contributed by atoms with Gasteiger partial charge in [0.05, 0.1) is 0 Å². The first kappa shape index (κ1) is 14.2. The van der Waals surface area contributed by atoms with Gasteiger partial charge in [-0.15, -0.1) is 0 Å². The van der Waals surface area contributed by atoms with Crippen LogP contribution in [-0.2, 0) is 0 Å². The topological polar surface area (TPSA) is 0 Å². The molecule has 0 heterocycles. The zero-order valence-corrected chi connectivity index (χ0v) is 14.1. The Morgan fingerprint density at radius 2 is 1.22 bits per heavy atom. The molecule has 0 aliphatic rings. The maximum absolute atomic E-state index is 5.95. The van der Waals surface area contributed by atoms with Gasteiger partial charge in [-0.25, -0.2) is 0 Å². The SMILES string of the molecule is ClCCC([Se]c1ccccc1)[Se]c1ccccc1. The summed E-state index contributed by atoms with van der Waals surface area (Å²) < 4.78 is 3.73. The molecule has 0 unspecified atom stereocenters. The van der Waals surface area contributed by atoms with Crippen LogP contribution in [0.3, 0.4) is 0 Å². The van der Waals surface area contributed by atoms with Crippen molar-refractivity contribution >= 4 is 50.4 Å². The number of hydrogen-bond acceptors (Lipinski definition) is 0. The fraction of sp³-hybridized carbons (Fsp3) is 0.200. The summed E-state index contributed by atoms with van der Waals surface area (Å²) in [6, 6.07) is 21.6. The van der Waals surface area contributed by atoms with Crippen LogP contribution in [0.5, 0.6) is 0 Å². The molecule has 2 rings (SSSR count). The van der Waals surface area contributed by atoms with E-state index in [1.165, 1.54) is 8.92 Å². The van der Waals surface area contributed by atoms with Crippen LogP contribution < -0.4 is 8.92 Å². The molecule has 0 spiro atoms. The quantitative estimate of drug-likeness (QED) is 0.527. The number of rotatable bonds is 6. The Kier molecular flexibility index (Phi) is 6.34. The average molecular weight is 389 g/mol. The van der Waals surface area contributed by atoms with Gasteiger partial charge in [-0.3, -0.25) is 0 Å². The molecule has 0 nitrogen and oxygen atoms in total. The minimum atomic E-state index is 0.534. The van der Waals surface area contributed by atoms with Gasteiger partial charge in [-0.2, -0.15) is 0 Å². The predicted molar refractivity (Wildman–Crippen MR) is 82.7 cm³/mol. The van der Waals surface area contributed by atoms with Gasteiger partial charge in [0.2, 0.25) is 0 Å². The van der Waals surface area contributed by atoms with Gasteiger partial charge in [-0.05, 0) is 0 Å². The number of hydrogen-bond donors (Lipinski definition) is 0. The second kappa shape index (κ2) is 8.04. The van der Waals surface area contributed by atoms with Gasteiger partial charge in [0.1, 0.15) is 0 Å². The summed E-state index contributed by atoms with van der Waals surface area (Å²) in [5, 5.41) is 0. The van der Waals surface area contributed by atoms with Crippen LogP contribution in [0.4, 0.5) is 0 Å². The molecule has 0 aliphatic carbocycles. The van der Waals surface area contributed by atoms with Crippen LogP contribution in [-0.4, -0.2) is 35.8 Å². The van der Waals surface area contributed by atoms with Crippen molar-refractivity contribution in [3.8, 4) is 0 Å². The molecule has 94 valence electrons. The van der Waals surface area contributed by atoms with Crippen LogP contribution >= 0.6 is 11.6 Å². The fourth-order valence-electron chi connectivity index (χ4n) is 1.53. The van der Waals surface area contributed by atoms with Crippen molar-refractivity contribution in [2.24, 2.45) is 0 Å². The van der Waals surface area contributed by atoms with Crippen LogP contribution in [0.1, 0.15) is 6.42 Å². The molecule has 0 fully saturated rings. The van der Waals surface area contributed by atoms with Crippen molar-refractivity contribution in [1.82, 2.24) is 0 Å². The Bertz CT molecular complexity index is 403. The number of halogens is 1. The van der Waals surface area contributed by atoms with Gasteiger partial charge in [0.15, 0.2) is 0 Å². The Morgan fingerprint density at radius 1 is 0.778 bits per heavy atom. The van der Waals surface area contributed by atoms with E-state index in [0.717, 1.165) is 16.0 Å². The molecule has 0 saturated heterocycles. The molecule has 0 amide bonds. The van der Waals surface area contributed by atoms with Crippen LogP contribution in [0.15, 0.2) is 60.7 Å². The molecular formula is C15H15ClSe2. The van der Waals surface area contributed by atoms with Crippen molar-refractivity contribution < 1.29 is 0 Å². The van der Waals surface area contributed by atoms with E-state index in [9.17, 15) is 0 Å². The zero-order valence-electron chi connectivity index (χ0n) is 9.96. The molecule has 2 aromatic carbocycles. The molecule has 0 N–H and O–H groups in total. The van der Waals surface area contributed by atoms with Crippen LogP contribution in [0, 0.1) is 0 Å². The Balaban J connectivity index is 2.00. The van der Waals surface area contributed by atoms with Crippen molar-refractivity contribution in [1.29, 1.82) is 0 Å². The third-order valence-corrected chi connectivity index (χ3v) is 9.06. The summed E-state index contributed by atoms with van der Waals surface area (Å²) in [6.45, 7) is 0. The molecule has 2 aromatic rings. The first-order valence-electron chi connectivity index (χ1n) is 5.88. The molecule has 0 aromatic heterocycles. The van der Waals surface area contributed by atoms with E-state index >= 15 is 0 Å². The fourth-order valence-corrected chi connectivity index (χ4v) is 8.97. The third kappa shape index (κ3) is 4.80. The van der Waals surface area contributed by atoms with E-state index in [2.05, 4.69) is 60.7 Å². The van der Waals surface area contributed by atoms with E-state index in [1.807, 2.05) is 0 Å². The summed E-state index contributed by atoms with van der Waals surface area (Å²) in [7, 11) is 0. The van der Waals surface area contributed by atoms with Gasteiger partial charge in [0, 0.05) is 0 Å². The molecule has 3 heteroatoms. The summed E-state index contributed by atoms with van der Waals surface area (Å²) >= 11 is 7.02. The van der Waals surface area contributed by atoms with Crippen molar-refractivity contribution in [2.45, 2.75) is 10.1 Å². The summed E-state index contributed by atoms with van der Waals surface area (Å²) in [6.07, 6.45) is 1.13. The van der Waals surface area contributed by atoms with Gasteiger partial charge in [-0.1, -0.05) is 0 Å². The molecule has 0 bridgehead atoms. The van der Waals surface area contributed by atoms with Gasteiger partial charge < -0.3 is 0 Å². The standard InChI is InChI=1S/C15H15ClSe2/c16-12-11-15(17-13-7-3-1-4-8-13)18-14-9-5-2-6-10-14/h1-10,15H,11-12H2. The van der Waals surface area contributed by atoms with Gasteiger partial charge in [0.25, 0.3) is 0 Å². The molecular weight excluding hydrogens is 374 g/mol. The second-order valence-corrected chi connectivity index (χ2v) is 11.0. The molecule has 0 saturated carbocycles. The number of alkyl halides is 1. The Morgan fingerprint density at radius 3 is 1.61 bits per heavy atom. The molecule has 0 radical (unpaired) electrons. The Hall–Kier alpha value is -0.231. The Labute approximate surface area is 126 Å². The third-order valence-electron chi connectivity index (χ3n) is 2.37. The maximum atomic E-state index is 5.95. The van der Waals surface area contributed by atoms with E-state index in [0.29, 0.717) is 29.9 Å². The summed E-state index contributed by atoms with van der Waals surface area (Å²) in [4.78, 5) is 0. The van der Waals surface area contributed by atoms with Crippen molar-refractivity contribution in [3.05, 3.63) is 60.7 Å². The van der Waals surface area contributed by atoms with Crippen molar-refractivity contribution in [3.63, 3.8) is 0 Å². The van der Waals surface area contributed by atoms with Crippen LogP contribution in [0.2, 0.25) is 3.71 Å². The van der Waals surface area contributed by atoms with E-state index in [4.69, 9.17) is 11.6 Å². The van der Waals surface area contributed by atoms with Crippen LogP contribution in [0.25, 0.3) is 0 Å². The monoisotopic (exact) mass is 390 g/mol. The van der Waals surface area contributed by atoms with E-state index in [1.54, 1.807) is 0 Å². The normalized spacial score (nSPS) is 10.8. The second-order valence-electron chi connectivity index (χ2n) is 3.77. The number of benzene rings is 2. The van der Waals surface area contributed by atoms with Crippen molar-refractivity contribution in [2.75, 3.05) is 5.88 Å². The molecule has 0 aliphatic heterocycles. The average Bonchev–Trinajstić information content (AvgIpc) is 2.41. The first-order valence-corrected chi connectivity index (χ1v) is 10.1. The minimum absolute atomic E-state index is 0.534. The first-order chi connectivity index (χ1) is 8.88. The summed E-state index contributed by atoms with van der Waals surface area (Å²) in [5.41, 5.74) is 0. The zero-order chi connectivity index (χ0) is 12.6. The molecule has 0 atom stereocenters. The van der Waals surface area contributed by atoms with E-state index < -0.39 is 0 Å². The summed E-state index contributed by atoms with van der Waals surface area (Å²) in [5.74, 6) is 0.772. The van der Waals surface area contributed by atoms with Gasteiger partial charge >= 0.3 is 127 Å². The van der Waals surface area contributed by atoms with E-state index in [-0.39, 0.29) is 0 Å². The molecule has 18 heavy (non-hydrogen) atoms. The predicted octanol–water partition coefficient (Wildman–Crippen LogP) is 2.42.